The minimum Gasteiger partial charge on any atom is -0.374 e. The second-order valence-corrected chi connectivity index (χ2v) is 5.31. The van der Waals surface area contributed by atoms with Crippen molar-refractivity contribution in [1.82, 2.24) is 0 Å². The van der Waals surface area contributed by atoms with Gasteiger partial charge in [-0.05, 0) is 34.9 Å². The van der Waals surface area contributed by atoms with Gasteiger partial charge in [-0.3, -0.25) is 0 Å². The first-order chi connectivity index (χ1) is 7.56. The largest absolute Gasteiger partial charge is 0.374 e. The zero-order valence-electron chi connectivity index (χ0n) is 10.3. The van der Waals surface area contributed by atoms with Crippen LogP contribution in [0.5, 0.6) is 0 Å². The van der Waals surface area contributed by atoms with Gasteiger partial charge < -0.3 is 5.32 Å². The maximum atomic E-state index is 5.30. The van der Waals surface area contributed by atoms with Crippen molar-refractivity contribution in [2.45, 2.75) is 38.5 Å². The Balaban J connectivity index is 2.45. The second kappa shape index (κ2) is 3.87. The lowest BCUT2D eigenvalue weighted by molar-refractivity contribution is 0.489. The quantitative estimate of drug-likeness (QED) is 0.741. The van der Waals surface area contributed by atoms with Crippen molar-refractivity contribution < 1.29 is 0 Å². The van der Waals surface area contributed by atoms with Gasteiger partial charge in [-0.2, -0.15) is 0 Å². The van der Waals surface area contributed by atoms with Gasteiger partial charge in [-0.1, -0.05) is 38.8 Å². The normalized spacial score (nSPS) is 21.2. The average molecular weight is 213 g/mol. The average Bonchev–Trinajstić information content (AvgIpc) is 2.47. The van der Waals surface area contributed by atoms with Crippen LogP contribution in [0.25, 0.3) is 0 Å². The number of terminal acetylenes is 1. The van der Waals surface area contributed by atoms with Crippen LogP contribution in [0.2, 0.25) is 0 Å². The molecule has 2 rings (SSSR count). The lowest BCUT2D eigenvalue weighted by Crippen LogP contribution is -2.12. The molecule has 1 unspecified atom stereocenters. The van der Waals surface area contributed by atoms with E-state index >= 15 is 0 Å². The summed E-state index contributed by atoms with van der Waals surface area (Å²) >= 11 is 0. The SMILES string of the molecule is C#CCNc1cccc2c1C(C)CC2(C)C. The predicted molar refractivity (Wildman–Crippen MR) is 69.8 cm³/mol. The fraction of sp³-hybridized carbons (Fsp3) is 0.467. The number of fused-ring (bicyclic) bond motifs is 1. The van der Waals surface area contributed by atoms with E-state index in [1.54, 1.807) is 0 Å². The molecule has 0 heterocycles. The number of anilines is 1. The van der Waals surface area contributed by atoms with Crippen LogP contribution in [0.1, 0.15) is 44.2 Å². The maximum absolute atomic E-state index is 5.30. The number of hydrogen-bond donors (Lipinski definition) is 1. The highest BCUT2D eigenvalue weighted by atomic mass is 14.9. The Kier molecular flexibility index (Phi) is 2.68. The Bertz CT molecular complexity index is 437. The van der Waals surface area contributed by atoms with Crippen LogP contribution < -0.4 is 5.32 Å². The fourth-order valence-electron chi connectivity index (χ4n) is 2.96. The Labute approximate surface area is 98.3 Å². The molecule has 0 bridgehead atoms. The molecule has 0 radical (unpaired) electrons. The zero-order chi connectivity index (χ0) is 11.8. The van der Waals surface area contributed by atoms with Crippen LogP contribution in [0.15, 0.2) is 18.2 Å². The summed E-state index contributed by atoms with van der Waals surface area (Å²) in [6.07, 6.45) is 6.52. The fourth-order valence-corrected chi connectivity index (χ4v) is 2.96. The third-order valence-corrected chi connectivity index (χ3v) is 3.53. The van der Waals surface area contributed by atoms with Crippen molar-refractivity contribution in [3.63, 3.8) is 0 Å². The summed E-state index contributed by atoms with van der Waals surface area (Å²) in [7, 11) is 0. The van der Waals surface area contributed by atoms with Crippen molar-refractivity contribution >= 4 is 5.69 Å². The molecule has 1 aliphatic carbocycles. The first-order valence-corrected chi connectivity index (χ1v) is 5.87. The van der Waals surface area contributed by atoms with Crippen molar-refractivity contribution in [1.29, 1.82) is 0 Å². The van der Waals surface area contributed by atoms with Crippen molar-refractivity contribution in [3.05, 3.63) is 29.3 Å². The summed E-state index contributed by atoms with van der Waals surface area (Å²) in [6, 6.07) is 6.51. The van der Waals surface area contributed by atoms with E-state index in [0.717, 1.165) is 0 Å². The minimum atomic E-state index is 0.294. The molecule has 0 spiro atoms. The van der Waals surface area contributed by atoms with Crippen LogP contribution in [-0.2, 0) is 5.41 Å². The van der Waals surface area contributed by atoms with E-state index in [1.165, 1.54) is 23.2 Å². The predicted octanol–water partition coefficient (Wildman–Crippen LogP) is 3.52. The number of benzene rings is 1. The van der Waals surface area contributed by atoms with Gasteiger partial charge in [0.15, 0.2) is 0 Å². The van der Waals surface area contributed by atoms with Gasteiger partial charge >= 0.3 is 0 Å². The summed E-state index contributed by atoms with van der Waals surface area (Å²) in [5.41, 5.74) is 4.45. The summed E-state index contributed by atoms with van der Waals surface area (Å²) in [5.74, 6) is 3.25. The molecular weight excluding hydrogens is 194 g/mol. The van der Waals surface area contributed by atoms with Crippen molar-refractivity contribution in [3.8, 4) is 12.3 Å². The van der Waals surface area contributed by atoms with Crippen LogP contribution in [0, 0.1) is 12.3 Å². The van der Waals surface area contributed by atoms with E-state index in [2.05, 4.69) is 50.2 Å². The second-order valence-electron chi connectivity index (χ2n) is 5.31. The van der Waals surface area contributed by atoms with Crippen LogP contribution >= 0.6 is 0 Å². The van der Waals surface area contributed by atoms with Crippen molar-refractivity contribution in [2.24, 2.45) is 0 Å². The maximum Gasteiger partial charge on any atom is 0.0763 e. The summed E-state index contributed by atoms with van der Waals surface area (Å²) in [5, 5.41) is 3.33. The van der Waals surface area contributed by atoms with E-state index in [0.29, 0.717) is 17.9 Å². The molecule has 0 saturated carbocycles. The molecular formula is C15H19N. The molecule has 84 valence electrons. The monoisotopic (exact) mass is 213 g/mol. The molecule has 1 atom stereocenters. The lowest BCUT2D eigenvalue weighted by Gasteiger charge is -2.19. The van der Waals surface area contributed by atoms with Crippen LogP contribution in [0.4, 0.5) is 5.69 Å². The van der Waals surface area contributed by atoms with Gasteiger partial charge in [-0.25, -0.2) is 0 Å². The first kappa shape index (κ1) is 11.1. The molecule has 0 fully saturated rings. The van der Waals surface area contributed by atoms with Gasteiger partial charge in [0.2, 0.25) is 0 Å². The lowest BCUT2D eigenvalue weighted by atomic mass is 9.86. The molecule has 1 aromatic rings. The van der Waals surface area contributed by atoms with Gasteiger partial charge in [0.05, 0.1) is 6.54 Å². The van der Waals surface area contributed by atoms with Gasteiger partial charge in [0.25, 0.3) is 0 Å². The third kappa shape index (κ3) is 1.69. The van der Waals surface area contributed by atoms with E-state index in [1.807, 2.05) is 0 Å². The standard InChI is InChI=1S/C15H19N/c1-5-9-16-13-8-6-7-12-14(13)11(2)10-15(12,3)4/h1,6-8,11,16H,9-10H2,2-4H3. The highest BCUT2D eigenvalue weighted by Gasteiger charge is 2.35. The highest BCUT2D eigenvalue weighted by molar-refractivity contribution is 5.60. The van der Waals surface area contributed by atoms with Gasteiger partial charge in [0.1, 0.15) is 0 Å². The molecule has 1 aliphatic rings. The molecule has 0 saturated heterocycles. The van der Waals surface area contributed by atoms with Gasteiger partial charge in [0, 0.05) is 5.69 Å². The summed E-state index contributed by atoms with van der Waals surface area (Å²) < 4.78 is 0. The van der Waals surface area contributed by atoms with Gasteiger partial charge in [-0.15, -0.1) is 6.42 Å². The van der Waals surface area contributed by atoms with Crippen LogP contribution in [0.3, 0.4) is 0 Å². The molecule has 1 N–H and O–H groups in total. The molecule has 0 aromatic heterocycles. The smallest absolute Gasteiger partial charge is 0.0763 e. The van der Waals surface area contributed by atoms with E-state index in [4.69, 9.17) is 6.42 Å². The zero-order valence-corrected chi connectivity index (χ0v) is 10.3. The van der Waals surface area contributed by atoms with Crippen LogP contribution in [-0.4, -0.2) is 6.54 Å². The minimum absolute atomic E-state index is 0.294. The Morgan fingerprint density at radius 3 is 2.94 bits per heavy atom. The first-order valence-electron chi connectivity index (χ1n) is 5.87. The number of rotatable bonds is 2. The molecule has 16 heavy (non-hydrogen) atoms. The highest BCUT2D eigenvalue weighted by Crippen LogP contribution is 2.48. The Morgan fingerprint density at radius 2 is 2.25 bits per heavy atom. The van der Waals surface area contributed by atoms with E-state index in [9.17, 15) is 0 Å². The van der Waals surface area contributed by atoms with E-state index in [-0.39, 0.29) is 0 Å². The molecule has 0 aliphatic heterocycles. The molecule has 1 nitrogen and oxygen atoms in total. The molecule has 1 heteroatoms. The summed E-state index contributed by atoms with van der Waals surface area (Å²) in [4.78, 5) is 0. The molecule has 0 amide bonds. The third-order valence-electron chi connectivity index (χ3n) is 3.53. The Morgan fingerprint density at radius 1 is 1.50 bits per heavy atom. The molecule has 1 aromatic carbocycles. The topological polar surface area (TPSA) is 12.0 Å². The summed E-state index contributed by atoms with van der Waals surface area (Å²) in [6.45, 7) is 7.54. The van der Waals surface area contributed by atoms with E-state index < -0.39 is 0 Å². The van der Waals surface area contributed by atoms with Crippen molar-refractivity contribution in [2.75, 3.05) is 11.9 Å². The Hall–Kier alpha value is -1.42. The number of nitrogens with one attached hydrogen (secondary N) is 1. The number of hydrogen-bond acceptors (Lipinski definition) is 1.